The van der Waals surface area contributed by atoms with Crippen molar-refractivity contribution < 1.29 is 18.7 Å². The highest BCUT2D eigenvalue weighted by molar-refractivity contribution is 9.10. The largest absolute Gasteiger partial charge is 0.469 e. The third-order valence-electron chi connectivity index (χ3n) is 3.40. The van der Waals surface area contributed by atoms with Gasteiger partial charge in [0.2, 0.25) is 5.91 Å². The molecule has 112 valence electrons. The number of esters is 1. The Hall–Kier alpha value is -1.69. The maximum absolute atomic E-state index is 13.6. The molecule has 0 saturated carbocycles. The number of amides is 1. The summed E-state index contributed by atoms with van der Waals surface area (Å²) < 4.78 is 19.0. The van der Waals surface area contributed by atoms with Crippen LogP contribution in [0.5, 0.6) is 0 Å². The number of benzene rings is 1. The summed E-state index contributed by atoms with van der Waals surface area (Å²) in [7, 11) is 1.34. The van der Waals surface area contributed by atoms with Gasteiger partial charge in [-0.3, -0.25) is 9.59 Å². The monoisotopic (exact) mass is 355 g/mol. The van der Waals surface area contributed by atoms with Gasteiger partial charge in [0.15, 0.2) is 0 Å². The number of rotatable bonds is 3. The number of halogens is 2. The van der Waals surface area contributed by atoms with Crippen molar-refractivity contribution in [2.24, 2.45) is 5.92 Å². The minimum atomic E-state index is -0.392. The molecule has 1 atom stereocenters. The molecule has 6 heteroatoms. The Morgan fingerprint density at radius 3 is 2.95 bits per heavy atom. The fourth-order valence-electron chi connectivity index (χ4n) is 2.23. The highest BCUT2D eigenvalue weighted by Crippen LogP contribution is 2.19. The summed E-state index contributed by atoms with van der Waals surface area (Å²) in [4.78, 5) is 25.0. The fourth-order valence-corrected chi connectivity index (χ4v) is 2.61. The second-order valence-electron chi connectivity index (χ2n) is 4.79. The summed E-state index contributed by atoms with van der Waals surface area (Å²) >= 11 is 3.25. The lowest BCUT2D eigenvalue weighted by molar-refractivity contribution is -0.145. The minimum Gasteiger partial charge on any atom is -0.469 e. The van der Waals surface area contributed by atoms with E-state index >= 15 is 0 Å². The summed E-state index contributed by atoms with van der Waals surface area (Å²) in [6.07, 6.45) is 3.36. The van der Waals surface area contributed by atoms with Crippen LogP contribution in [0.25, 0.3) is 6.08 Å². The van der Waals surface area contributed by atoms with Crippen molar-refractivity contribution in [3.05, 3.63) is 40.1 Å². The van der Waals surface area contributed by atoms with Crippen LogP contribution in [0.15, 0.2) is 28.7 Å². The highest BCUT2D eigenvalue weighted by Gasteiger charge is 2.30. The summed E-state index contributed by atoms with van der Waals surface area (Å²) in [5.74, 6) is -1.20. The maximum atomic E-state index is 13.6. The molecule has 1 amide bonds. The van der Waals surface area contributed by atoms with E-state index in [-0.39, 0.29) is 17.8 Å². The third-order valence-corrected chi connectivity index (χ3v) is 3.89. The molecule has 1 saturated heterocycles. The molecule has 0 aromatic heterocycles. The molecule has 1 heterocycles. The van der Waals surface area contributed by atoms with Gasteiger partial charge in [0.05, 0.1) is 13.0 Å². The predicted molar refractivity (Wildman–Crippen MR) is 79.8 cm³/mol. The summed E-state index contributed by atoms with van der Waals surface area (Å²) in [5.41, 5.74) is 0.335. The van der Waals surface area contributed by atoms with Crippen LogP contribution in [-0.2, 0) is 14.3 Å². The fraction of sp³-hybridized carbons (Fsp3) is 0.333. The van der Waals surface area contributed by atoms with Crippen molar-refractivity contribution >= 4 is 33.9 Å². The van der Waals surface area contributed by atoms with Gasteiger partial charge in [0, 0.05) is 29.2 Å². The van der Waals surface area contributed by atoms with Gasteiger partial charge in [0.25, 0.3) is 0 Å². The lowest BCUT2D eigenvalue weighted by Crippen LogP contribution is -2.28. The summed E-state index contributed by atoms with van der Waals surface area (Å²) in [5, 5.41) is 0. The van der Waals surface area contributed by atoms with E-state index in [0.717, 1.165) is 4.47 Å². The number of nitrogens with zero attached hydrogens (tertiary/aromatic N) is 1. The molecule has 1 aromatic carbocycles. The van der Waals surface area contributed by atoms with Crippen LogP contribution < -0.4 is 0 Å². The van der Waals surface area contributed by atoms with E-state index in [1.165, 1.54) is 25.3 Å². The second-order valence-corrected chi connectivity index (χ2v) is 5.71. The Morgan fingerprint density at radius 2 is 2.24 bits per heavy atom. The molecular formula is C15H15BrFNO3. The first-order valence-electron chi connectivity index (χ1n) is 6.51. The van der Waals surface area contributed by atoms with Gasteiger partial charge >= 0.3 is 5.97 Å². The average Bonchev–Trinajstić information content (AvgIpc) is 2.97. The molecule has 1 unspecified atom stereocenters. The molecule has 21 heavy (non-hydrogen) atoms. The van der Waals surface area contributed by atoms with Crippen LogP contribution in [0.3, 0.4) is 0 Å². The molecule has 0 N–H and O–H groups in total. The van der Waals surface area contributed by atoms with Crippen molar-refractivity contribution in [3.63, 3.8) is 0 Å². The number of hydrogen-bond donors (Lipinski definition) is 0. The number of likely N-dealkylation sites (tertiary alicyclic amines) is 1. The van der Waals surface area contributed by atoms with Crippen LogP contribution in [0, 0.1) is 11.7 Å². The molecule has 0 radical (unpaired) electrons. The van der Waals surface area contributed by atoms with Crippen LogP contribution in [0.2, 0.25) is 0 Å². The summed E-state index contributed by atoms with van der Waals surface area (Å²) in [6, 6.07) is 4.52. The van der Waals surface area contributed by atoms with Crippen molar-refractivity contribution in [3.8, 4) is 0 Å². The molecule has 1 aliphatic heterocycles. The topological polar surface area (TPSA) is 46.6 Å². The number of ether oxygens (including phenoxy) is 1. The molecule has 4 nitrogen and oxygen atoms in total. The summed E-state index contributed by atoms with van der Waals surface area (Å²) in [6.45, 7) is 0.848. The Morgan fingerprint density at radius 1 is 1.48 bits per heavy atom. The first kappa shape index (κ1) is 15.7. The maximum Gasteiger partial charge on any atom is 0.310 e. The Bertz CT molecular complexity index is 588. The Kier molecular flexibility index (Phi) is 5.12. The first-order chi connectivity index (χ1) is 10.0. The van der Waals surface area contributed by atoms with Gasteiger partial charge in [-0.05, 0) is 30.7 Å². The smallest absolute Gasteiger partial charge is 0.310 e. The van der Waals surface area contributed by atoms with E-state index in [9.17, 15) is 14.0 Å². The van der Waals surface area contributed by atoms with Gasteiger partial charge in [-0.1, -0.05) is 15.9 Å². The molecule has 0 aliphatic carbocycles. The van der Waals surface area contributed by atoms with Crippen LogP contribution in [-0.4, -0.2) is 37.0 Å². The molecule has 2 rings (SSSR count). The van der Waals surface area contributed by atoms with Crippen LogP contribution >= 0.6 is 15.9 Å². The van der Waals surface area contributed by atoms with Crippen molar-refractivity contribution in [2.75, 3.05) is 20.2 Å². The zero-order valence-corrected chi connectivity index (χ0v) is 13.1. The lowest BCUT2D eigenvalue weighted by Gasteiger charge is -2.13. The van der Waals surface area contributed by atoms with E-state index < -0.39 is 5.82 Å². The molecule has 1 aliphatic rings. The number of methoxy groups -OCH3 is 1. The highest BCUT2D eigenvalue weighted by atomic mass is 79.9. The quantitative estimate of drug-likeness (QED) is 0.618. The van der Waals surface area contributed by atoms with Gasteiger partial charge in [-0.15, -0.1) is 0 Å². The second kappa shape index (κ2) is 6.85. The van der Waals surface area contributed by atoms with E-state index in [1.807, 2.05) is 0 Å². The van der Waals surface area contributed by atoms with E-state index in [1.54, 1.807) is 17.0 Å². The van der Waals surface area contributed by atoms with Crippen molar-refractivity contribution in [1.82, 2.24) is 4.90 Å². The predicted octanol–water partition coefficient (Wildman–Crippen LogP) is 2.62. The zero-order valence-electron chi connectivity index (χ0n) is 11.5. The number of carbonyl (C=O) groups is 2. The zero-order chi connectivity index (χ0) is 15.4. The van der Waals surface area contributed by atoms with Crippen molar-refractivity contribution in [2.45, 2.75) is 6.42 Å². The standard InChI is InChI=1S/C15H15BrFNO3/c1-21-15(20)11-6-7-18(9-11)14(19)5-2-10-8-12(16)3-4-13(10)17/h2-5,8,11H,6-7,9H2,1H3/b5-2+. The van der Waals surface area contributed by atoms with Crippen LogP contribution in [0.1, 0.15) is 12.0 Å². The van der Waals surface area contributed by atoms with Gasteiger partial charge in [-0.2, -0.15) is 0 Å². The number of hydrogen-bond acceptors (Lipinski definition) is 3. The van der Waals surface area contributed by atoms with Gasteiger partial charge in [0.1, 0.15) is 5.82 Å². The first-order valence-corrected chi connectivity index (χ1v) is 7.30. The average molecular weight is 356 g/mol. The van der Waals surface area contributed by atoms with Crippen LogP contribution in [0.4, 0.5) is 4.39 Å². The Balaban J connectivity index is 2.00. The SMILES string of the molecule is COC(=O)C1CCN(C(=O)/C=C/c2cc(Br)ccc2F)C1. The molecule has 1 aromatic rings. The van der Waals surface area contributed by atoms with E-state index in [0.29, 0.717) is 25.1 Å². The molecule has 0 bridgehead atoms. The van der Waals surface area contributed by atoms with E-state index in [2.05, 4.69) is 20.7 Å². The number of carbonyl (C=O) groups excluding carboxylic acids is 2. The van der Waals surface area contributed by atoms with E-state index in [4.69, 9.17) is 0 Å². The molecular weight excluding hydrogens is 341 g/mol. The molecule has 0 spiro atoms. The third kappa shape index (κ3) is 3.91. The molecule has 1 fully saturated rings. The van der Waals surface area contributed by atoms with Gasteiger partial charge in [-0.25, -0.2) is 4.39 Å². The Labute approximate surface area is 130 Å². The van der Waals surface area contributed by atoms with Crippen molar-refractivity contribution in [1.29, 1.82) is 0 Å². The minimum absolute atomic E-state index is 0.235. The normalized spacial score (nSPS) is 18.2. The van der Waals surface area contributed by atoms with Gasteiger partial charge < -0.3 is 9.64 Å². The lowest BCUT2D eigenvalue weighted by atomic mass is 10.1.